The molecule has 1 N–H and O–H groups in total. The molecule has 0 fully saturated rings. The number of ether oxygens (including phenoxy) is 1. The van der Waals surface area contributed by atoms with Crippen LogP contribution in [-0.2, 0) is 22.6 Å². The van der Waals surface area contributed by atoms with Gasteiger partial charge in [-0.15, -0.1) is 10.2 Å². The Bertz CT molecular complexity index is 891. The number of methoxy groups -OCH3 is 1. The van der Waals surface area contributed by atoms with Gasteiger partial charge in [-0.25, -0.2) is 4.79 Å². The molecule has 0 saturated heterocycles. The number of amides is 1. The van der Waals surface area contributed by atoms with Crippen LogP contribution in [0.5, 0.6) is 0 Å². The number of tetrazole rings is 1. The number of carbonyl (C=O) groups is 2. The highest BCUT2D eigenvalue weighted by Gasteiger charge is 2.09. The summed E-state index contributed by atoms with van der Waals surface area (Å²) in [4.78, 5) is 24.7. The van der Waals surface area contributed by atoms with E-state index in [2.05, 4.69) is 25.5 Å². The molecule has 3 aromatic rings. The minimum absolute atomic E-state index is 0.0277. The van der Waals surface area contributed by atoms with Crippen LogP contribution in [0.15, 0.2) is 54.6 Å². The van der Waals surface area contributed by atoms with Crippen molar-refractivity contribution in [3.05, 3.63) is 65.7 Å². The first-order chi connectivity index (χ1) is 12.7. The average Bonchev–Trinajstić information content (AvgIpc) is 3.15. The summed E-state index contributed by atoms with van der Waals surface area (Å²) in [5.74, 6) is -0.164. The molecule has 1 heterocycles. The van der Waals surface area contributed by atoms with Crippen molar-refractivity contribution >= 4 is 11.9 Å². The molecule has 0 spiro atoms. The zero-order chi connectivity index (χ0) is 18.4. The van der Waals surface area contributed by atoms with Crippen LogP contribution in [0.3, 0.4) is 0 Å². The van der Waals surface area contributed by atoms with E-state index in [1.165, 1.54) is 11.9 Å². The smallest absolute Gasteiger partial charge is 0.337 e. The fourth-order valence-corrected chi connectivity index (χ4v) is 2.27. The Labute approximate surface area is 149 Å². The van der Waals surface area contributed by atoms with E-state index in [1.54, 1.807) is 24.3 Å². The monoisotopic (exact) mass is 351 g/mol. The molecule has 132 valence electrons. The van der Waals surface area contributed by atoms with E-state index in [-0.39, 0.29) is 12.5 Å². The van der Waals surface area contributed by atoms with Gasteiger partial charge in [0.25, 0.3) is 0 Å². The lowest BCUT2D eigenvalue weighted by Gasteiger charge is -2.05. The molecule has 0 aliphatic heterocycles. The zero-order valence-corrected chi connectivity index (χ0v) is 14.1. The van der Waals surface area contributed by atoms with Gasteiger partial charge in [-0.1, -0.05) is 42.5 Å². The predicted octanol–water partition coefficient (Wildman–Crippen LogP) is 1.44. The topological polar surface area (TPSA) is 99.0 Å². The van der Waals surface area contributed by atoms with Crippen LogP contribution in [0.4, 0.5) is 0 Å². The predicted molar refractivity (Wildman–Crippen MR) is 92.9 cm³/mol. The van der Waals surface area contributed by atoms with Crippen molar-refractivity contribution < 1.29 is 14.3 Å². The number of nitrogens with one attached hydrogen (secondary N) is 1. The van der Waals surface area contributed by atoms with Crippen LogP contribution in [0.25, 0.3) is 11.4 Å². The van der Waals surface area contributed by atoms with Crippen molar-refractivity contribution in [3.8, 4) is 11.4 Å². The molecule has 0 radical (unpaired) electrons. The fourth-order valence-electron chi connectivity index (χ4n) is 2.27. The van der Waals surface area contributed by atoms with E-state index in [9.17, 15) is 9.59 Å². The van der Waals surface area contributed by atoms with Gasteiger partial charge in [-0.3, -0.25) is 4.79 Å². The quantitative estimate of drug-likeness (QED) is 0.675. The third kappa shape index (κ3) is 4.29. The molecule has 2 aromatic carbocycles. The van der Waals surface area contributed by atoms with E-state index in [4.69, 9.17) is 0 Å². The van der Waals surface area contributed by atoms with E-state index in [1.807, 2.05) is 30.3 Å². The molecule has 0 unspecified atom stereocenters. The summed E-state index contributed by atoms with van der Waals surface area (Å²) >= 11 is 0. The van der Waals surface area contributed by atoms with E-state index in [0.717, 1.165) is 11.1 Å². The molecule has 8 heteroatoms. The summed E-state index contributed by atoms with van der Waals surface area (Å²) in [6, 6.07) is 16.2. The van der Waals surface area contributed by atoms with Gasteiger partial charge in [0, 0.05) is 12.1 Å². The molecule has 26 heavy (non-hydrogen) atoms. The van der Waals surface area contributed by atoms with E-state index >= 15 is 0 Å². The Morgan fingerprint density at radius 3 is 2.50 bits per heavy atom. The van der Waals surface area contributed by atoms with Crippen molar-refractivity contribution in [3.63, 3.8) is 0 Å². The maximum absolute atomic E-state index is 12.0. The Hall–Kier alpha value is -3.55. The van der Waals surface area contributed by atoms with Gasteiger partial charge in [0.05, 0.1) is 12.7 Å². The third-order valence-corrected chi connectivity index (χ3v) is 3.63. The molecule has 0 atom stereocenters. The van der Waals surface area contributed by atoms with Crippen molar-refractivity contribution in [2.24, 2.45) is 0 Å². The normalized spacial score (nSPS) is 10.3. The molecule has 0 saturated carbocycles. The molecule has 0 aliphatic carbocycles. The number of hydrogen-bond acceptors (Lipinski definition) is 6. The first-order valence-electron chi connectivity index (χ1n) is 7.93. The van der Waals surface area contributed by atoms with Crippen molar-refractivity contribution in [1.82, 2.24) is 25.5 Å². The largest absolute Gasteiger partial charge is 0.465 e. The molecular formula is C18H17N5O3. The summed E-state index contributed by atoms with van der Waals surface area (Å²) < 4.78 is 4.64. The van der Waals surface area contributed by atoms with Crippen LogP contribution in [0.2, 0.25) is 0 Å². The highest BCUT2D eigenvalue weighted by atomic mass is 16.5. The van der Waals surface area contributed by atoms with Gasteiger partial charge in [0.15, 0.2) is 0 Å². The number of rotatable bonds is 6. The van der Waals surface area contributed by atoms with Gasteiger partial charge in [-0.05, 0) is 22.9 Å². The van der Waals surface area contributed by atoms with E-state index in [0.29, 0.717) is 17.9 Å². The van der Waals surface area contributed by atoms with Crippen LogP contribution >= 0.6 is 0 Å². The lowest BCUT2D eigenvalue weighted by molar-refractivity contribution is -0.122. The van der Waals surface area contributed by atoms with Crippen LogP contribution < -0.4 is 5.32 Å². The van der Waals surface area contributed by atoms with Gasteiger partial charge < -0.3 is 10.1 Å². The SMILES string of the molecule is COC(=O)c1ccc(CNC(=O)Cn2nnc(-c3ccccc3)n2)cc1. The first kappa shape index (κ1) is 17.3. The van der Waals surface area contributed by atoms with Crippen LogP contribution in [0, 0.1) is 0 Å². The van der Waals surface area contributed by atoms with Crippen molar-refractivity contribution in [2.75, 3.05) is 7.11 Å². The summed E-state index contributed by atoms with van der Waals surface area (Å²) in [7, 11) is 1.33. The molecular weight excluding hydrogens is 334 g/mol. The Balaban J connectivity index is 1.53. The molecule has 0 bridgehead atoms. The van der Waals surface area contributed by atoms with Crippen LogP contribution in [0.1, 0.15) is 15.9 Å². The zero-order valence-electron chi connectivity index (χ0n) is 14.1. The first-order valence-corrected chi connectivity index (χ1v) is 7.93. The average molecular weight is 351 g/mol. The number of carbonyl (C=O) groups excluding carboxylic acids is 2. The lowest BCUT2D eigenvalue weighted by Crippen LogP contribution is -2.28. The second-order valence-electron chi connectivity index (χ2n) is 5.47. The maximum Gasteiger partial charge on any atom is 0.337 e. The Morgan fingerprint density at radius 1 is 1.08 bits per heavy atom. The molecule has 1 aromatic heterocycles. The number of aromatic nitrogens is 4. The highest BCUT2D eigenvalue weighted by molar-refractivity contribution is 5.89. The Kier molecular flexibility index (Phi) is 5.33. The minimum atomic E-state index is -0.396. The fraction of sp³-hybridized carbons (Fsp3) is 0.167. The van der Waals surface area contributed by atoms with Gasteiger partial charge in [0.2, 0.25) is 11.7 Å². The van der Waals surface area contributed by atoms with Crippen molar-refractivity contribution in [2.45, 2.75) is 13.1 Å². The molecule has 8 nitrogen and oxygen atoms in total. The second-order valence-corrected chi connectivity index (χ2v) is 5.47. The lowest BCUT2D eigenvalue weighted by atomic mass is 10.1. The van der Waals surface area contributed by atoms with Gasteiger partial charge >= 0.3 is 5.97 Å². The minimum Gasteiger partial charge on any atom is -0.465 e. The number of nitrogens with zero attached hydrogens (tertiary/aromatic N) is 4. The van der Waals surface area contributed by atoms with Gasteiger partial charge in [0.1, 0.15) is 6.54 Å². The number of benzene rings is 2. The maximum atomic E-state index is 12.0. The Morgan fingerprint density at radius 2 is 1.81 bits per heavy atom. The summed E-state index contributed by atoms with van der Waals surface area (Å²) in [6.07, 6.45) is 0. The summed E-state index contributed by atoms with van der Waals surface area (Å²) in [5, 5.41) is 14.8. The van der Waals surface area contributed by atoms with Crippen molar-refractivity contribution in [1.29, 1.82) is 0 Å². The number of esters is 1. The molecule has 0 aliphatic rings. The second kappa shape index (κ2) is 8.02. The molecule has 1 amide bonds. The number of hydrogen-bond donors (Lipinski definition) is 1. The van der Waals surface area contributed by atoms with E-state index < -0.39 is 5.97 Å². The third-order valence-electron chi connectivity index (χ3n) is 3.63. The van der Waals surface area contributed by atoms with Gasteiger partial charge in [-0.2, -0.15) is 4.80 Å². The summed E-state index contributed by atoms with van der Waals surface area (Å²) in [6.45, 7) is 0.306. The highest BCUT2D eigenvalue weighted by Crippen LogP contribution is 2.11. The molecule has 3 rings (SSSR count). The standard InChI is InChI=1S/C18H17N5O3/c1-26-18(25)15-9-7-13(8-10-15)11-19-16(24)12-23-21-17(20-22-23)14-5-3-2-4-6-14/h2-10H,11-12H2,1H3,(H,19,24). The summed E-state index contributed by atoms with van der Waals surface area (Å²) in [5.41, 5.74) is 2.16. The van der Waals surface area contributed by atoms with Crippen LogP contribution in [-0.4, -0.2) is 39.2 Å².